The Morgan fingerprint density at radius 1 is 0.529 bits per heavy atom. The van der Waals surface area contributed by atoms with E-state index >= 15 is 0 Å². The van der Waals surface area contributed by atoms with Gasteiger partial charge in [0.2, 0.25) is 0 Å². The number of carbonyl (C=O) groups excluding carboxylic acids is 2. The summed E-state index contributed by atoms with van der Waals surface area (Å²) < 4.78 is 10.7. The first-order chi connectivity index (χ1) is 16.3. The molecule has 0 saturated heterocycles. The van der Waals surface area contributed by atoms with Crippen LogP contribution in [0, 0.1) is 17.8 Å². The zero-order chi connectivity index (χ0) is 25.4. The van der Waals surface area contributed by atoms with Crippen LogP contribution in [0.5, 0.6) is 0 Å². The van der Waals surface area contributed by atoms with Gasteiger partial charge in [-0.1, -0.05) is 98.8 Å². The molecule has 0 heterocycles. The molecule has 202 valence electrons. The summed E-state index contributed by atoms with van der Waals surface area (Å²) in [4.78, 5) is 23.7. The summed E-state index contributed by atoms with van der Waals surface area (Å²) in [5.41, 5.74) is 0. The minimum Gasteiger partial charge on any atom is -0.466 e. The van der Waals surface area contributed by atoms with Gasteiger partial charge < -0.3 is 9.47 Å². The molecule has 1 unspecified atom stereocenters. The van der Waals surface area contributed by atoms with Crippen LogP contribution in [0.4, 0.5) is 0 Å². The zero-order valence-electron chi connectivity index (χ0n) is 23.5. The van der Waals surface area contributed by atoms with E-state index < -0.39 is 0 Å². The Bertz CT molecular complexity index is 472. The Hall–Kier alpha value is -1.06. The van der Waals surface area contributed by atoms with E-state index in [9.17, 15) is 9.59 Å². The Morgan fingerprint density at radius 3 is 1.47 bits per heavy atom. The van der Waals surface area contributed by atoms with Crippen molar-refractivity contribution in [3.8, 4) is 0 Å². The van der Waals surface area contributed by atoms with E-state index in [0.717, 1.165) is 63.2 Å². The molecule has 0 aliphatic rings. The van der Waals surface area contributed by atoms with Crippen molar-refractivity contribution < 1.29 is 19.1 Å². The van der Waals surface area contributed by atoms with Crippen LogP contribution in [0.3, 0.4) is 0 Å². The molecule has 0 aromatic heterocycles. The van der Waals surface area contributed by atoms with Crippen molar-refractivity contribution >= 4 is 11.9 Å². The summed E-state index contributed by atoms with van der Waals surface area (Å²) in [6.07, 6.45) is 19.5. The van der Waals surface area contributed by atoms with E-state index in [2.05, 4.69) is 34.6 Å². The largest absolute Gasteiger partial charge is 0.466 e. The molecular weight excluding hydrogens is 424 g/mol. The SMILES string of the molecule is CCC(CCCCCCCCCC(=O)OCCCCC(C)C)CCC(=O)OCCCCC(C)C. The maximum absolute atomic E-state index is 12.0. The van der Waals surface area contributed by atoms with Crippen molar-refractivity contribution in [3.05, 3.63) is 0 Å². The molecule has 34 heavy (non-hydrogen) atoms. The summed E-state index contributed by atoms with van der Waals surface area (Å²) in [7, 11) is 0. The van der Waals surface area contributed by atoms with Crippen LogP contribution in [-0.4, -0.2) is 25.2 Å². The molecular formula is C30H58O4. The van der Waals surface area contributed by atoms with Gasteiger partial charge in [0, 0.05) is 12.8 Å². The summed E-state index contributed by atoms with van der Waals surface area (Å²) >= 11 is 0. The highest BCUT2D eigenvalue weighted by Crippen LogP contribution is 2.20. The average molecular weight is 483 g/mol. The van der Waals surface area contributed by atoms with Crippen molar-refractivity contribution in [2.75, 3.05) is 13.2 Å². The van der Waals surface area contributed by atoms with E-state index in [4.69, 9.17) is 9.47 Å². The predicted molar refractivity (Wildman–Crippen MR) is 144 cm³/mol. The van der Waals surface area contributed by atoms with Crippen LogP contribution in [0.1, 0.15) is 150 Å². The summed E-state index contributed by atoms with van der Waals surface area (Å²) in [6.45, 7) is 12.3. The van der Waals surface area contributed by atoms with Crippen LogP contribution >= 0.6 is 0 Å². The highest BCUT2D eigenvalue weighted by Gasteiger charge is 2.10. The first-order valence-corrected chi connectivity index (χ1v) is 14.7. The lowest BCUT2D eigenvalue weighted by Gasteiger charge is -2.14. The molecule has 4 heteroatoms. The van der Waals surface area contributed by atoms with Crippen LogP contribution < -0.4 is 0 Å². The fraction of sp³-hybridized carbons (Fsp3) is 0.933. The summed E-state index contributed by atoms with van der Waals surface area (Å²) in [6, 6.07) is 0. The van der Waals surface area contributed by atoms with E-state index in [1.54, 1.807) is 0 Å². The van der Waals surface area contributed by atoms with Crippen LogP contribution in [-0.2, 0) is 19.1 Å². The number of hydrogen-bond acceptors (Lipinski definition) is 4. The minimum absolute atomic E-state index is 0.0157. The predicted octanol–water partition coefficient (Wildman–Crippen LogP) is 9.04. The highest BCUT2D eigenvalue weighted by atomic mass is 16.5. The normalized spacial score (nSPS) is 12.3. The Kier molecular flexibility index (Phi) is 22.9. The van der Waals surface area contributed by atoms with Gasteiger partial charge in [0.15, 0.2) is 0 Å². The quantitative estimate of drug-likeness (QED) is 0.102. The number of ether oxygens (including phenoxy) is 2. The van der Waals surface area contributed by atoms with Crippen LogP contribution in [0.15, 0.2) is 0 Å². The highest BCUT2D eigenvalue weighted by molar-refractivity contribution is 5.69. The molecule has 0 aromatic rings. The van der Waals surface area contributed by atoms with Gasteiger partial charge in [0.05, 0.1) is 13.2 Å². The van der Waals surface area contributed by atoms with Crippen molar-refractivity contribution in [2.45, 2.75) is 150 Å². The number of unbranched alkanes of at least 4 members (excludes halogenated alkanes) is 8. The fourth-order valence-electron chi connectivity index (χ4n) is 4.29. The van der Waals surface area contributed by atoms with Gasteiger partial charge in [-0.15, -0.1) is 0 Å². The maximum Gasteiger partial charge on any atom is 0.305 e. The van der Waals surface area contributed by atoms with Gasteiger partial charge in [0.25, 0.3) is 0 Å². The molecule has 0 N–H and O–H groups in total. The molecule has 0 spiro atoms. The molecule has 0 amide bonds. The van der Waals surface area contributed by atoms with Crippen molar-refractivity contribution in [3.63, 3.8) is 0 Å². The van der Waals surface area contributed by atoms with Crippen LogP contribution in [0.2, 0.25) is 0 Å². The van der Waals surface area contributed by atoms with E-state index in [-0.39, 0.29) is 11.9 Å². The Morgan fingerprint density at radius 2 is 0.971 bits per heavy atom. The van der Waals surface area contributed by atoms with Gasteiger partial charge in [0.1, 0.15) is 0 Å². The summed E-state index contributed by atoms with van der Waals surface area (Å²) in [5, 5.41) is 0. The second kappa shape index (κ2) is 23.7. The smallest absolute Gasteiger partial charge is 0.305 e. The lowest BCUT2D eigenvalue weighted by atomic mass is 9.93. The van der Waals surface area contributed by atoms with Gasteiger partial charge in [-0.05, 0) is 56.3 Å². The number of esters is 2. The topological polar surface area (TPSA) is 52.6 Å². The molecule has 0 saturated carbocycles. The van der Waals surface area contributed by atoms with Crippen molar-refractivity contribution in [1.82, 2.24) is 0 Å². The van der Waals surface area contributed by atoms with Crippen LogP contribution in [0.25, 0.3) is 0 Å². The van der Waals surface area contributed by atoms with Gasteiger partial charge in [-0.25, -0.2) is 0 Å². The molecule has 4 nitrogen and oxygen atoms in total. The second-order valence-corrected chi connectivity index (χ2v) is 11.0. The molecule has 0 rings (SSSR count). The first-order valence-electron chi connectivity index (χ1n) is 14.7. The third-order valence-corrected chi connectivity index (χ3v) is 6.71. The minimum atomic E-state index is -0.0230. The third kappa shape index (κ3) is 24.1. The van der Waals surface area contributed by atoms with Gasteiger partial charge in [-0.2, -0.15) is 0 Å². The first kappa shape index (κ1) is 32.9. The van der Waals surface area contributed by atoms with Gasteiger partial charge >= 0.3 is 11.9 Å². The molecule has 0 aromatic carbocycles. The maximum atomic E-state index is 12.0. The van der Waals surface area contributed by atoms with Gasteiger partial charge in [-0.3, -0.25) is 9.59 Å². The number of rotatable bonds is 24. The molecule has 0 aliphatic carbocycles. The van der Waals surface area contributed by atoms with E-state index in [0.29, 0.717) is 32.0 Å². The third-order valence-electron chi connectivity index (χ3n) is 6.71. The fourth-order valence-corrected chi connectivity index (χ4v) is 4.29. The standard InChI is InChI=1S/C30H58O4/c1-6-28(22-23-30(32)34-25-17-15-19-27(4)5)20-12-10-8-7-9-11-13-21-29(31)33-24-16-14-18-26(2)3/h26-28H,6-25H2,1-5H3. The molecule has 0 radical (unpaired) electrons. The van der Waals surface area contributed by atoms with E-state index in [1.165, 1.54) is 51.4 Å². The zero-order valence-corrected chi connectivity index (χ0v) is 23.5. The number of carbonyl (C=O) groups is 2. The van der Waals surface area contributed by atoms with Crippen molar-refractivity contribution in [1.29, 1.82) is 0 Å². The Labute approximate surface area is 212 Å². The molecule has 0 bridgehead atoms. The second-order valence-electron chi connectivity index (χ2n) is 11.0. The molecule has 0 aliphatic heterocycles. The number of hydrogen-bond donors (Lipinski definition) is 0. The lowest BCUT2D eigenvalue weighted by molar-refractivity contribution is -0.145. The summed E-state index contributed by atoms with van der Waals surface area (Å²) in [5.74, 6) is 2.06. The molecule has 0 fully saturated rings. The van der Waals surface area contributed by atoms with Crippen molar-refractivity contribution in [2.24, 2.45) is 17.8 Å². The molecule has 1 atom stereocenters. The lowest BCUT2D eigenvalue weighted by Crippen LogP contribution is -2.09. The Balaban J connectivity index is 3.51. The monoisotopic (exact) mass is 482 g/mol. The average Bonchev–Trinajstić information content (AvgIpc) is 2.79. The van der Waals surface area contributed by atoms with E-state index in [1.807, 2.05) is 0 Å².